The number of fused-ring (bicyclic) bond motifs is 2. The van der Waals surface area contributed by atoms with Gasteiger partial charge < -0.3 is 14.4 Å². The Hall–Kier alpha value is -4.76. The number of methoxy groups -OCH3 is 2. The maximum absolute atomic E-state index is 5.40. The van der Waals surface area contributed by atoms with Gasteiger partial charge >= 0.3 is 0 Å². The van der Waals surface area contributed by atoms with Crippen molar-refractivity contribution in [2.45, 2.75) is 12.8 Å². The molecular weight excluding hydrogens is 478 g/mol. The smallest absolute Gasteiger partial charge is 0.119 e. The van der Waals surface area contributed by atoms with Gasteiger partial charge in [0, 0.05) is 17.1 Å². The van der Waals surface area contributed by atoms with Crippen LogP contribution in [0.1, 0.15) is 27.8 Å². The van der Waals surface area contributed by atoms with E-state index >= 15 is 0 Å². The number of benzene rings is 5. The maximum atomic E-state index is 5.40. The Morgan fingerprint density at radius 2 is 0.923 bits per heavy atom. The Labute approximate surface area is 230 Å². The van der Waals surface area contributed by atoms with E-state index in [0.717, 1.165) is 41.4 Å². The average molecular weight is 510 g/mol. The molecule has 0 aliphatic heterocycles. The first-order chi connectivity index (χ1) is 19.2. The zero-order chi connectivity index (χ0) is 26.6. The molecule has 0 heterocycles. The molecule has 0 bridgehead atoms. The van der Waals surface area contributed by atoms with Crippen LogP contribution in [0, 0.1) is 0 Å². The molecule has 0 unspecified atom stereocenters. The first kappa shape index (κ1) is 24.6. The van der Waals surface area contributed by atoms with E-state index in [1.807, 2.05) is 24.3 Å². The van der Waals surface area contributed by atoms with Crippen LogP contribution >= 0.6 is 0 Å². The highest BCUT2D eigenvalue weighted by Gasteiger charge is 2.18. The monoisotopic (exact) mass is 509 g/mol. The van der Waals surface area contributed by atoms with Gasteiger partial charge in [-0.15, -0.1) is 0 Å². The van der Waals surface area contributed by atoms with E-state index in [1.165, 1.54) is 33.4 Å². The summed E-state index contributed by atoms with van der Waals surface area (Å²) in [5.74, 6) is 1.67. The lowest BCUT2D eigenvalue weighted by Crippen LogP contribution is -2.09. The molecule has 0 saturated carbocycles. The molecule has 6 rings (SSSR count). The third-order valence-electron chi connectivity index (χ3n) is 7.40. The van der Waals surface area contributed by atoms with Crippen molar-refractivity contribution in [1.82, 2.24) is 0 Å². The molecule has 5 aromatic rings. The second-order valence-electron chi connectivity index (χ2n) is 9.70. The number of rotatable bonds is 6. The molecule has 0 aromatic heterocycles. The van der Waals surface area contributed by atoms with Crippen molar-refractivity contribution in [1.29, 1.82) is 0 Å². The van der Waals surface area contributed by atoms with Crippen LogP contribution in [0.25, 0.3) is 11.6 Å². The quantitative estimate of drug-likeness (QED) is 0.228. The van der Waals surface area contributed by atoms with Crippen LogP contribution in [0.15, 0.2) is 121 Å². The minimum absolute atomic E-state index is 0.833. The summed E-state index contributed by atoms with van der Waals surface area (Å²) in [6.07, 6.45) is 4.45. The van der Waals surface area contributed by atoms with E-state index in [4.69, 9.17) is 9.47 Å². The maximum Gasteiger partial charge on any atom is 0.119 e. The molecule has 0 spiro atoms. The van der Waals surface area contributed by atoms with Gasteiger partial charge in [0.25, 0.3) is 0 Å². The number of hydrogen-bond donors (Lipinski definition) is 0. The summed E-state index contributed by atoms with van der Waals surface area (Å²) >= 11 is 0. The van der Waals surface area contributed by atoms with Gasteiger partial charge in [-0.25, -0.2) is 0 Å². The molecule has 3 nitrogen and oxygen atoms in total. The molecule has 192 valence electrons. The van der Waals surface area contributed by atoms with E-state index in [-0.39, 0.29) is 0 Å². The van der Waals surface area contributed by atoms with Crippen molar-refractivity contribution in [3.63, 3.8) is 0 Å². The van der Waals surface area contributed by atoms with Gasteiger partial charge in [0.05, 0.1) is 14.2 Å². The van der Waals surface area contributed by atoms with Crippen molar-refractivity contribution in [2.75, 3.05) is 19.1 Å². The highest BCUT2D eigenvalue weighted by molar-refractivity contribution is 5.94. The number of hydrogen-bond acceptors (Lipinski definition) is 3. The van der Waals surface area contributed by atoms with Crippen LogP contribution in [0.3, 0.4) is 0 Å². The molecule has 0 radical (unpaired) electrons. The molecule has 0 fully saturated rings. The molecule has 0 saturated heterocycles. The second kappa shape index (κ2) is 10.9. The molecule has 0 amide bonds. The zero-order valence-corrected chi connectivity index (χ0v) is 22.3. The van der Waals surface area contributed by atoms with Crippen LogP contribution in [0.4, 0.5) is 17.1 Å². The summed E-state index contributed by atoms with van der Waals surface area (Å²) < 4.78 is 10.8. The van der Waals surface area contributed by atoms with Crippen molar-refractivity contribution in [3.8, 4) is 11.5 Å². The van der Waals surface area contributed by atoms with Gasteiger partial charge in [-0.2, -0.15) is 0 Å². The van der Waals surface area contributed by atoms with Gasteiger partial charge in [0.2, 0.25) is 0 Å². The Morgan fingerprint density at radius 1 is 0.513 bits per heavy atom. The molecule has 3 heteroatoms. The van der Waals surface area contributed by atoms with Gasteiger partial charge in [-0.05, 0) is 113 Å². The van der Waals surface area contributed by atoms with Crippen molar-refractivity contribution in [2.24, 2.45) is 0 Å². The summed E-state index contributed by atoms with van der Waals surface area (Å²) in [6.45, 7) is 0. The summed E-state index contributed by atoms with van der Waals surface area (Å²) in [4.78, 5) is 2.24. The minimum Gasteiger partial charge on any atom is -0.497 e. The fraction of sp³-hybridized carbons (Fsp3) is 0.111. The number of anilines is 3. The van der Waals surface area contributed by atoms with E-state index in [9.17, 15) is 0 Å². The fourth-order valence-electron chi connectivity index (χ4n) is 5.37. The third-order valence-corrected chi connectivity index (χ3v) is 7.40. The molecule has 1 aliphatic rings. The number of aryl methyl sites for hydroxylation is 2. The van der Waals surface area contributed by atoms with Gasteiger partial charge in [0.15, 0.2) is 0 Å². The lowest BCUT2D eigenvalue weighted by atomic mass is 9.92. The van der Waals surface area contributed by atoms with Crippen LogP contribution in [0.5, 0.6) is 11.5 Å². The summed E-state index contributed by atoms with van der Waals surface area (Å²) in [7, 11) is 3.38. The Bertz CT molecular complexity index is 1500. The van der Waals surface area contributed by atoms with Gasteiger partial charge in [-0.3, -0.25) is 0 Å². The lowest BCUT2D eigenvalue weighted by Gasteiger charge is -2.26. The van der Waals surface area contributed by atoms with Crippen molar-refractivity contribution >= 4 is 28.7 Å². The number of nitrogens with zero attached hydrogens (tertiary/aromatic N) is 1. The first-order valence-corrected chi connectivity index (χ1v) is 13.3. The van der Waals surface area contributed by atoms with Gasteiger partial charge in [0.1, 0.15) is 11.5 Å². The van der Waals surface area contributed by atoms with E-state index in [1.54, 1.807) is 14.2 Å². The van der Waals surface area contributed by atoms with Crippen LogP contribution < -0.4 is 14.4 Å². The summed E-state index contributed by atoms with van der Waals surface area (Å²) in [6, 6.07) is 42.7. The van der Waals surface area contributed by atoms with Crippen LogP contribution in [-0.4, -0.2) is 14.2 Å². The lowest BCUT2D eigenvalue weighted by molar-refractivity contribution is 0.415. The SMILES string of the molecule is COc1ccc(N(c2ccc(C=C3c4ccccc4CCc4ccccc43)cc2)c2ccc(OC)cc2)cc1. The molecule has 1 aliphatic carbocycles. The second-order valence-corrected chi connectivity index (χ2v) is 9.70. The van der Waals surface area contributed by atoms with E-state index in [0.29, 0.717) is 0 Å². The van der Waals surface area contributed by atoms with Crippen LogP contribution in [-0.2, 0) is 12.8 Å². The first-order valence-electron chi connectivity index (χ1n) is 13.3. The Kier molecular flexibility index (Phi) is 6.88. The predicted octanol–water partition coefficient (Wildman–Crippen LogP) is 8.86. The zero-order valence-electron chi connectivity index (χ0n) is 22.3. The Morgan fingerprint density at radius 3 is 1.36 bits per heavy atom. The van der Waals surface area contributed by atoms with Crippen LogP contribution in [0.2, 0.25) is 0 Å². The highest BCUT2D eigenvalue weighted by atomic mass is 16.5. The normalized spacial score (nSPS) is 12.1. The largest absolute Gasteiger partial charge is 0.497 e. The van der Waals surface area contributed by atoms with E-state index < -0.39 is 0 Å². The average Bonchev–Trinajstić information content (AvgIpc) is 3.16. The number of ether oxygens (including phenoxy) is 2. The predicted molar refractivity (Wildman–Crippen MR) is 161 cm³/mol. The standard InChI is InChI=1S/C36H31NO2/c1-38-32-21-17-30(18-22-32)37(31-19-23-33(39-2)24-20-31)29-15-11-26(12-16-29)25-36-34-9-5-3-7-27(34)13-14-28-8-4-6-10-35(28)36/h3-12,15-25H,13-14H2,1-2H3. The molecule has 0 atom stereocenters. The third kappa shape index (κ3) is 5.04. The van der Waals surface area contributed by atoms with E-state index in [2.05, 4.69) is 108 Å². The van der Waals surface area contributed by atoms with Crippen molar-refractivity contribution < 1.29 is 9.47 Å². The van der Waals surface area contributed by atoms with Gasteiger partial charge in [-0.1, -0.05) is 60.7 Å². The molecular formula is C36H31NO2. The molecule has 5 aromatic carbocycles. The minimum atomic E-state index is 0.833. The molecule has 39 heavy (non-hydrogen) atoms. The summed E-state index contributed by atoms with van der Waals surface area (Å²) in [5, 5.41) is 0. The highest BCUT2D eigenvalue weighted by Crippen LogP contribution is 2.38. The Balaban J connectivity index is 1.41. The fourth-order valence-corrected chi connectivity index (χ4v) is 5.37. The summed E-state index contributed by atoms with van der Waals surface area (Å²) in [5.41, 5.74) is 11.1. The van der Waals surface area contributed by atoms with Crippen molar-refractivity contribution in [3.05, 3.63) is 149 Å². The topological polar surface area (TPSA) is 21.7 Å². The molecule has 0 N–H and O–H groups in total.